The number of nitrogens with one attached hydrogen (secondary N) is 1. The Labute approximate surface area is 153 Å². The van der Waals surface area contributed by atoms with E-state index < -0.39 is 22.0 Å². The number of hydrogen-bond donors (Lipinski definition) is 1. The lowest BCUT2D eigenvalue weighted by molar-refractivity contribution is -0.117. The molecule has 2 rings (SSSR count). The van der Waals surface area contributed by atoms with Gasteiger partial charge in [0.1, 0.15) is 6.04 Å². The van der Waals surface area contributed by atoms with Gasteiger partial charge in [-0.1, -0.05) is 37.3 Å². The van der Waals surface area contributed by atoms with Crippen molar-refractivity contribution in [2.75, 3.05) is 15.9 Å². The van der Waals surface area contributed by atoms with Crippen molar-refractivity contribution in [1.82, 2.24) is 0 Å². The number of rotatable bonds is 7. The number of hydrogen-bond acceptors (Lipinski definition) is 4. The molecule has 1 amide bonds. The third-order valence-corrected chi connectivity index (χ3v) is 5.06. The second-order valence-electron chi connectivity index (χ2n) is 5.94. The fraction of sp³-hybridized carbons (Fsp3) is 0.263. The van der Waals surface area contributed by atoms with Crippen molar-refractivity contribution in [3.63, 3.8) is 0 Å². The highest BCUT2D eigenvalue weighted by atomic mass is 32.2. The standard InChI is InChI=1S/C19H22N2O4S/c1-4-18(21(26(3,24)25)17-11-6-5-7-12-17)19(23)20-16-10-8-9-15(13-16)14(2)22/h5-13,18H,4H2,1-3H3,(H,20,23)/t18-/m1/s1. The van der Waals surface area contributed by atoms with E-state index in [2.05, 4.69) is 5.32 Å². The molecule has 138 valence electrons. The molecule has 0 radical (unpaired) electrons. The molecule has 0 bridgehead atoms. The van der Waals surface area contributed by atoms with Gasteiger partial charge < -0.3 is 5.32 Å². The highest BCUT2D eigenvalue weighted by Gasteiger charge is 2.31. The zero-order valence-corrected chi connectivity index (χ0v) is 15.8. The van der Waals surface area contributed by atoms with Gasteiger partial charge in [-0.3, -0.25) is 13.9 Å². The van der Waals surface area contributed by atoms with Crippen LogP contribution in [-0.2, 0) is 14.8 Å². The van der Waals surface area contributed by atoms with Crippen LogP contribution < -0.4 is 9.62 Å². The maximum Gasteiger partial charge on any atom is 0.248 e. The van der Waals surface area contributed by atoms with Gasteiger partial charge in [-0.05, 0) is 37.6 Å². The number of anilines is 2. The second-order valence-corrected chi connectivity index (χ2v) is 7.80. The van der Waals surface area contributed by atoms with E-state index in [1.54, 1.807) is 61.5 Å². The lowest BCUT2D eigenvalue weighted by Gasteiger charge is -2.30. The Hall–Kier alpha value is -2.67. The summed E-state index contributed by atoms with van der Waals surface area (Å²) in [7, 11) is -3.67. The molecule has 0 heterocycles. The number of sulfonamides is 1. The number of nitrogens with zero attached hydrogens (tertiary/aromatic N) is 1. The molecule has 6 nitrogen and oxygen atoms in total. The van der Waals surface area contributed by atoms with Crippen LogP contribution in [0.5, 0.6) is 0 Å². The smallest absolute Gasteiger partial charge is 0.248 e. The number of para-hydroxylation sites is 1. The molecule has 0 saturated heterocycles. The fourth-order valence-electron chi connectivity index (χ4n) is 2.68. The number of carbonyl (C=O) groups is 2. The van der Waals surface area contributed by atoms with Crippen molar-refractivity contribution in [1.29, 1.82) is 0 Å². The Kier molecular flexibility index (Phi) is 6.15. The maximum absolute atomic E-state index is 12.8. The van der Waals surface area contributed by atoms with Crippen LogP contribution >= 0.6 is 0 Å². The molecule has 2 aromatic rings. The number of Topliss-reactive ketones (excluding diaryl/α,β-unsaturated/α-hetero) is 1. The summed E-state index contributed by atoms with van der Waals surface area (Å²) in [6.45, 7) is 3.19. The molecule has 0 aromatic heterocycles. The average molecular weight is 374 g/mol. The predicted octanol–water partition coefficient (Wildman–Crippen LogP) is 3.07. The van der Waals surface area contributed by atoms with Crippen molar-refractivity contribution in [2.45, 2.75) is 26.3 Å². The van der Waals surface area contributed by atoms with Crippen molar-refractivity contribution < 1.29 is 18.0 Å². The first kappa shape index (κ1) is 19.7. The maximum atomic E-state index is 12.8. The molecule has 0 unspecified atom stereocenters. The van der Waals surface area contributed by atoms with E-state index in [1.165, 1.54) is 6.92 Å². The normalized spacial score (nSPS) is 12.3. The van der Waals surface area contributed by atoms with Gasteiger partial charge in [-0.25, -0.2) is 8.42 Å². The summed E-state index contributed by atoms with van der Waals surface area (Å²) < 4.78 is 25.8. The van der Waals surface area contributed by atoms with Crippen LogP contribution in [0.25, 0.3) is 0 Å². The number of ketones is 1. The first-order valence-electron chi connectivity index (χ1n) is 8.20. The number of benzene rings is 2. The van der Waals surface area contributed by atoms with Crippen LogP contribution in [0.15, 0.2) is 54.6 Å². The SMILES string of the molecule is CC[C@H](C(=O)Nc1cccc(C(C)=O)c1)N(c1ccccc1)S(C)(=O)=O. The Morgan fingerprint density at radius 2 is 1.73 bits per heavy atom. The van der Waals surface area contributed by atoms with Gasteiger partial charge in [0, 0.05) is 11.3 Å². The summed E-state index contributed by atoms with van der Waals surface area (Å²) in [6, 6.07) is 14.1. The highest BCUT2D eigenvalue weighted by Crippen LogP contribution is 2.23. The monoisotopic (exact) mass is 374 g/mol. The molecule has 0 aliphatic carbocycles. The van der Waals surface area contributed by atoms with Crippen LogP contribution in [-0.4, -0.2) is 32.4 Å². The predicted molar refractivity (Wildman–Crippen MR) is 103 cm³/mol. The van der Waals surface area contributed by atoms with Gasteiger partial charge in [0.15, 0.2) is 5.78 Å². The molecule has 0 aliphatic rings. The molecule has 0 fully saturated rings. The van der Waals surface area contributed by atoms with E-state index in [0.29, 0.717) is 23.4 Å². The molecule has 0 saturated carbocycles. The topological polar surface area (TPSA) is 83.6 Å². The van der Waals surface area contributed by atoms with Gasteiger partial charge in [-0.2, -0.15) is 0 Å². The lowest BCUT2D eigenvalue weighted by Crippen LogP contribution is -2.47. The molecular formula is C19H22N2O4S. The molecule has 2 aromatic carbocycles. The first-order chi connectivity index (χ1) is 12.2. The van der Waals surface area contributed by atoms with Crippen LogP contribution in [0.1, 0.15) is 30.6 Å². The van der Waals surface area contributed by atoms with Gasteiger partial charge in [0.2, 0.25) is 15.9 Å². The van der Waals surface area contributed by atoms with E-state index in [-0.39, 0.29) is 5.78 Å². The molecule has 7 heteroatoms. The quantitative estimate of drug-likeness (QED) is 0.755. The lowest BCUT2D eigenvalue weighted by atomic mass is 10.1. The van der Waals surface area contributed by atoms with Gasteiger partial charge in [0.05, 0.1) is 11.9 Å². The van der Waals surface area contributed by atoms with E-state index in [0.717, 1.165) is 10.6 Å². The molecule has 1 atom stereocenters. The molecule has 1 N–H and O–H groups in total. The van der Waals surface area contributed by atoms with Gasteiger partial charge in [-0.15, -0.1) is 0 Å². The Balaban J connectivity index is 2.34. The number of carbonyl (C=O) groups excluding carboxylic acids is 2. The zero-order valence-electron chi connectivity index (χ0n) is 15.0. The van der Waals surface area contributed by atoms with Crippen LogP contribution in [0, 0.1) is 0 Å². The third-order valence-electron chi connectivity index (χ3n) is 3.88. The van der Waals surface area contributed by atoms with Crippen molar-refractivity contribution in [3.8, 4) is 0 Å². The van der Waals surface area contributed by atoms with Crippen molar-refractivity contribution >= 4 is 33.1 Å². The van der Waals surface area contributed by atoms with E-state index in [4.69, 9.17) is 0 Å². The largest absolute Gasteiger partial charge is 0.324 e. The highest BCUT2D eigenvalue weighted by molar-refractivity contribution is 7.92. The van der Waals surface area contributed by atoms with Crippen LogP contribution in [0.4, 0.5) is 11.4 Å². The Morgan fingerprint density at radius 1 is 1.08 bits per heavy atom. The van der Waals surface area contributed by atoms with E-state index in [9.17, 15) is 18.0 Å². The third kappa shape index (κ3) is 4.70. The minimum absolute atomic E-state index is 0.116. The summed E-state index contributed by atoms with van der Waals surface area (Å²) in [4.78, 5) is 24.3. The summed E-state index contributed by atoms with van der Waals surface area (Å²) in [5.74, 6) is -0.572. The summed E-state index contributed by atoms with van der Waals surface area (Å²) in [5, 5.41) is 2.71. The minimum Gasteiger partial charge on any atom is -0.324 e. The summed E-state index contributed by atoms with van der Waals surface area (Å²) in [5.41, 5.74) is 1.34. The minimum atomic E-state index is -3.67. The van der Waals surface area contributed by atoms with Crippen molar-refractivity contribution in [3.05, 3.63) is 60.2 Å². The average Bonchev–Trinajstić information content (AvgIpc) is 2.59. The van der Waals surface area contributed by atoms with Gasteiger partial charge >= 0.3 is 0 Å². The first-order valence-corrected chi connectivity index (χ1v) is 10.0. The van der Waals surface area contributed by atoms with Crippen LogP contribution in [0.3, 0.4) is 0 Å². The molecular weight excluding hydrogens is 352 g/mol. The fourth-order valence-corrected chi connectivity index (χ4v) is 3.89. The van der Waals surface area contributed by atoms with E-state index in [1.807, 2.05) is 0 Å². The summed E-state index contributed by atoms with van der Waals surface area (Å²) in [6.07, 6.45) is 1.37. The second kappa shape index (κ2) is 8.14. The van der Waals surface area contributed by atoms with Gasteiger partial charge in [0.25, 0.3) is 0 Å². The molecule has 0 aliphatic heterocycles. The molecule has 26 heavy (non-hydrogen) atoms. The number of amides is 1. The molecule has 0 spiro atoms. The summed E-state index contributed by atoms with van der Waals surface area (Å²) >= 11 is 0. The Morgan fingerprint density at radius 3 is 2.27 bits per heavy atom. The zero-order chi connectivity index (χ0) is 19.3. The van der Waals surface area contributed by atoms with Crippen molar-refractivity contribution in [2.24, 2.45) is 0 Å². The van der Waals surface area contributed by atoms with Crippen LogP contribution in [0.2, 0.25) is 0 Å². The van der Waals surface area contributed by atoms with E-state index >= 15 is 0 Å². The Bertz CT molecular complexity index is 895.